The van der Waals surface area contributed by atoms with Crippen molar-refractivity contribution in [1.29, 1.82) is 0 Å². The van der Waals surface area contributed by atoms with Crippen LogP contribution in [0.2, 0.25) is 0 Å². The monoisotopic (exact) mass is 262 g/mol. The maximum absolute atomic E-state index is 10.7. The van der Waals surface area contributed by atoms with Gasteiger partial charge in [-0.2, -0.15) is 0 Å². The molecule has 1 aliphatic rings. The SMILES string of the molecule is C=Cc1c(O)cc(OCC)c2c1C(C[N+](=O)[O-])O[B]2. The lowest BCUT2D eigenvalue weighted by molar-refractivity contribution is -0.489. The normalized spacial score (nSPS) is 16.6. The van der Waals surface area contributed by atoms with Crippen molar-refractivity contribution in [3.8, 4) is 11.5 Å². The van der Waals surface area contributed by atoms with E-state index in [2.05, 4.69) is 6.58 Å². The summed E-state index contributed by atoms with van der Waals surface area (Å²) in [7, 11) is 1.43. The lowest BCUT2D eigenvalue weighted by Gasteiger charge is -2.15. The predicted octanol–water partition coefficient (Wildman–Crippen LogP) is 1.03. The Morgan fingerprint density at radius 3 is 3.05 bits per heavy atom. The fourth-order valence-electron chi connectivity index (χ4n) is 2.14. The van der Waals surface area contributed by atoms with Crippen molar-refractivity contribution in [3.05, 3.63) is 33.9 Å². The van der Waals surface area contributed by atoms with Gasteiger partial charge in [0, 0.05) is 16.6 Å². The second-order valence-corrected chi connectivity index (χ2v) is 4.03. The number of ether oxygens (including phenoxy) is 1. The van der Waals surface area contributed by atoms with E-state index in [1.165, 1.54) is 19.6 Å². The molecule has 0 amide bonds. The molecule has 1 unspecified atom stereocenters. The average Bonchev–Trinajstić information content (AvgIpc) is 2.73. The second-order valence-electron chi connectivity index (χ2n) is 4.03. The van der Waals surface area contributed by atoms with Crippen LogP contribution in [-0.4, -0.2) is 30.7 Å². The van der Waals surface area contributed by atoms with Gasteiger partial charge in [0.25, 0.3) is 0 Å². The second kappa shape index (κ2) is 5.32. The van der Waals surface area contributed by atoms with E-state index in [1.54, 1.807) is 0 Å². The smallest absolute Gasteiger partial charge is 0.335 e. The van der Waals surface area contributed by atoms with Crippen LogP contribution in [0.4, 0.5) is 0 Å². The van der Waals surface area contributed by atoms with Gasteiger partial charge in [-0.3, -0.25) is 10.1 Å². The average molecular weight is 262 g/mol. The minimum absolute atomic E-state index is 0.0237. The highest BCUT2D eigenvalue weighted by Crippen LogP contribution is 2.35. The molecule has 6 nitrogen and oxygen atoms in total. The molecule has 0 aromatic heterocycles. The van der Waals surface area contributed by atoms with Crippen LogP contribution in [0.15, 0.2) is 12.6 Å². The van der Waals surface area contributed by atoms with Crippen molar-refractivity contribution in [2.24, 2.45) is 0 Å². The molecule has 2 rings (SSSR count). The fraction of sp³-hybridized carbons (Fsp3) is 0.333. The Balaban J connectivity index is 2.53. The van der Waals surface area contributed by atoms with Crippen LogP contribution in [0.25, 0.3) is 6.08 Å². The Morgan fingerprint density at radius 2 is 2.47 bits per heavy atom. The summed E-state index contributed by atoms with van der Waals surface area (Å²) in [4.78, 5) is 10.2. The van der Waals surface area contributed by atoms with Crippen molar-refractivity contribution in [2.75, 3.05) is 13.2 Å². The Bertz CT molecular complexity index is 531. The number of nitrogens with zero attached hydrogens (tertiary/aromatic N) is 1. The van der Waals surface area contributed by atoms with Gasteiger partial charge in [-0.05, 0) is 17.9 Å². The number of aromatic hydroxyl groups is 1. The molecule has 19 heavy (non-hydrogen) atoms. The largest absolute Gasteiger partial charge is 0.507 e. The molecule has 1 aliphatic heterocycles. The zero-order valence-corrected chi connectivity index (χ0v) is 10.5. The lowest BCUT2D eigenvalue weighted by atomic mass is 9.83. The van der Waals surface area contributed by atoms with Crippen molar-refractivity contribution in [3.63, 3.8) is 0 Å². The number of nitro groups is 1. The van der Waals surface area contributed by atoms with Crippen LogP contribution in [0.5, 0.6) is 11.5 Å². The Kier molecular flexibility index (Phi) is 3.75. The third kappa shape index (κ3) is 2.41. The van der Waals surface area contributed by atoms with Gasteiger partial charge in [-0.15, -0.1) is 0 Å². The van der Waals surface area contributed by atoms with E-state index in [0.29, 0.717) is 28.9 Å². The molecule has 1 heterocycles. The first-order valence-corrected chi connectivity index (χ1v) is 5.84. The predicted molar refractivity (Wildman–Crippen MR) is 70.4 cm³/mol. The number of fused-ring (bicyclic) bond motifs is 1. The quantitative estimate of drug-likeness (QED) is 0.486. The van der Waals surface area contributed by atoms with Crippen LogP contribution in [0, 0.1) is 10.1 Å². The van der Waals surface area contributed by atoms with Gasteiger partial charge in [0.2, 0.25) is 6.54 Å². The van der Waals surface area contributed by atoms with Crippen LogP contribution in [0.1, 0.15) is 24.2 Å². The lowest BCUT2D eigenvalue weighted by Crippen LogP contribution is -2.18. The number of rotatable bonds is 5. The van der Waals surface area contributed by atoms with Gasteiger partial charge in [0.15, 0.2) is 0 Å². The minimum Gasteiger partial charge on any atom is -0.507 e. The molecule has 1 aromatic carbocycles. The molecule has 0 spiro atoms. The summed E-state index contributed by atoms with van der Waals surface area (Å²) in [6, 6.07) is 1.47. The Hall–Kier alpha value is -2.02. The molecule has 0 saturated carbocycles. The van der Waals surface area contributed by atoms with Gasteiger partial charge in [-0.1, -0.05) is 12.7 Å². The third-order valence-corrected chi connectivity index (χ3v) is 2.88. The van der Waals surface area contributed by atoms with E-state index >= 15 is 0 Å². The molecule has 1 atom stereocenters. The van der Waals surface area contributed by atoms with Crippen LogP contribution in [0.3, 0.4) is 0 Å². The fourth-order valence-corrected chi connectivity index (χ4v) is 2.14. The third-order valence-electron chi connectivity index (χ3n) is 2.88. The molecule has 0 aliphatic carbocycles. The van der Waals surface area contributed by atoms with E-state index in [4.69, 9.17) is 9.39 Å². The molecule has 0 bridgehead atoms. The van der Waals surface area contributed by atoms with Gasteiger partial charge in [-0.25, -0.2) is 0 Å². The van der Waals surface area contributed by atoms with Crippen molar-refractivity contribution < 1.29 is 19.4 Å². The van der Waals surface area contributed by atoms with E-state index in [9.17, 15) is 15.2 Å². The van der Waals surface area contributed by atoms with Crippen LogP contribution < -0.4 is 10.2 Å². The Labute approximate surface area is 111 Å². The van der Waals surface area contributed by atoms with Gasteiger partial charge >= 0.3 is 7.48 Å². The summed E-state index contributed by atoms with van der Waals surface area (Å²) in [6.07, 6.45) is 0.726. The summed E-state index contributed by atoms with van der Waals surface area (Å²) in [5, 5.41) is 20.6. The molecular formula is C12H13BNO5. The molecule has 1 N–H and O–H groups in total. The van der Waals surface area contributed by atoms with E-state index in [-0.39, 0.29) is 12.3 Å². The van der Waals surface area contributed by atoms with Crippen LogP contribution >= 0.6 is 0 Å². The van der Waals surface area contributed by atoms with E-state index in [1.807, 2.05) is 6.92 Å². The number of phenols is 1. The summed E-state index contributed by atoms with van der Waals surface area (Å²) in [5.41, 5.74) is 1.62. The summed E-state index contributed by atoms with van der Waals surface area (Å²) >= 11 is 0. The molecular weight excluding hydrogens is 249 g/mol. The van der Waals surface area contributed by atoms with Crippen molar-refractivity contribution in [1.82, 2.24) is 0 Å². The highest BCUT2D eigenvalue weighted by molar-refractivity contribution is 6.50. The maximum atomic E-state index is 10.7. The molecule has 0 saturated heterocycles. The molecule has 0 fully saturated rings. The standard InChI is InChI=1S/C12H13BNO5/c1-3-7-8(15)5-9(18-4-2)12-11(7)10(19-13-12)6-14(16)17/h3,5,10,15H,1,4,6H2,2H3. The highest BCUT2D eigenvalue weighted by atomic mass is 16.6. The molecule has 7 heteroatoms. The maximum Gasteiger partial charge on any atom is 0.335 e. The highest BCUT2D eigenvalue weighted by Gasteiger charge is 2.34. The minimum atomic E-state index is -0.732. The first-order chi connectivity index (χ1) is 9.08. The van der Waals surface area contributed by atoms with Gasteiger partial charge in [0.05, 0.1) is 6.61 Å². The summed E-state index contributed by atoms with van der Waals surface area (Å²) in [5.74, 6) is 0.427. The topological polar surface area (TPSA) is 81.8 Å². The zero-order valence-electron chi connectivity index (χ0n) is 10.5. The molecule has 1 radical (unpaired) electrons. The van der Waals surface area contributed by atoms with E-state index < -0.39 is 11.0 Å². The first-order valence-electron chi connectivity index (χ1n) is 5.84. The van der Waals surface area contributed by atoms with Crippen molar-refractivity contribution >= 4 is 19.0 Å². The molecule has 99 valence electrons. The molecule has 1 aromatic rings. The Morgan fingerprint density at radius 1 is 1.74 bits per heavy atom. The van der Waals surface area contributed by atoms with Crippen molar-refractivity contribution in [2.45, 2.75) is 13.0 Å². The van der Waals surface area contributed by atoms with Gasteiger partial charge in [0.1, 0.15) is 17.6 Å². The van der Waals surface area contributed by atoms with Crippen LogP contribution in [-0.2, 0) is 4.65 Å². The summed E-state index contributed by atoms with van der Waals surface area (Å²) in [6.45, 7) is 5.48. The number of hydrogen-bond acceptors (Lipinski definition) is 5. The number of phenolic OH excluding ortho intramolecular Hbond substituents is 1. The first kappa shape index (κ1) is 13.4. The number of hydrogen-bond donors (Lipinski definition) is 1. The van der Waals surface area contributed by atoms with E-state index in [0.717, 1.165) is 0 Å². The zero-order chi connectivity index (χ0) is 14.0. The summed E-state index contributed by atoms with van der Waals surface area (Å²) < 4.78 is 10.7. The van der Waals surface area contributed by atoms with Gasteiger partial charge < -0.3 is 14.5 Å². The number of benzene rings is 1.